The standard InChI is InChI=1S/C18H26N2O2.C17H21NO/c1-12-9-13(2)11-14(10-12)19-16(21)15-7-6-8-20(15)17(22)18(3,4)5;1-12(18-16(19)17(2,3)4)14-10-9-13-7-5-6-8-15(13)11-14/h9-11,15H,6-8H2,1-5H3,(H,19,21);5-12H,1-4H3,(H,18,19)/t15-;12-/m01/s1. The molecule has 0 aromatic heterocycles. The lowest BCUT2D eigenvalue weighted by atomic mass is 9.94. The van der Waals surface area contributed by atoms with E-state index in [2.05, 4.69) is 47.0 Å². The number of likely N-dealkylation sites (tertiary alicyclic amines) is 1. The van der Waals surface area contributed by atoms with Gasteiger partial charge in [0.2, 0.25) is 17.7 Å². The average Bonchev–Trinajstić information content (AvgIpc) is 3.36. The number of carbonyl (C=O) groups excluding carboxylic acids is 3. The lowest BCUT2D eigenvalue weighted by molar-refractivity contribution is -0.143. The van der Waals surface area contributed by atoms with Crippen molar-refractivity contribution in [3.63, 3.8) is 0 Å². The molecule has 1 aliphatic rings. The third kappa shape index (κ3) is 8.66. The van der Waals surface area contributed by atoms with Crippen LogP contribution in [0.5, 0.6) is 0 Å². The first-order valence-electron chi connectivity index (χ1n) is 14.6. The molecule has 3 aromatic carbocycles. The summed E-state index contributed by atoms with van der Waals surface area (Å²) in [6.45, 7) is 18.2. The summed E-state index contributed by atoms with van der Waals surface area (Å²) in [5.74, 6) is 0.0406. The summed E-state index contributed by atoms with van der Waals surface area (Å²) in [6, 6.07) is 20.2. The van der Waals surface area contributed by atoms with Crippen LogP contribution in [0, 0.1) is 24.7 Å². The molecule has 1 aliphatic heterocycles. The first-order chi connectivity index (χ1) is 19.1. The van der Waals surface area contributed by atoms with Gasteiger partial charge < -0.3 is 15.5 Å². The lowest BCUT2D eigenvalue weighted by Gasteiger charge is -2.30. The van der Waals surface area contributed by atoms with Crippen LogP contribution in [-0.4, -0.2) is 35.2 Å². The van der Waals surface area contributed by atoms with Crippen molar-refractivity contribution in [1.82, 2.24) is 10.2 Å². The molecule has 1 fully saturated rings. The van der Waals surface area contributed by atoms with Gasteiger partial charge in [-0.05, 0) is 79.3 Å². The second-order valence-corrected chi connectivity index (χ2v) is 13.3. The van der Waals surface area contributed by atoms with Gasteiger partial charge in [-0.2, -0.15) is 0 Å². The second-order valence-electron chi connectivity index (χ2n) is 13.3. The first kappa shape index (κ1) is 31.9. The van der Waals surface area contributed by atoms with Crippen molar-refractivity contribution in [3.8, 4) is 0 Å². The Labute approximate surface area is 245 Å². The predicted octanol–water partition coefficient (Wildman–Crippen LogP) is 7.34. The van der Waals surface area contributed by atoms with Gasteiger partial charge in [-0.1, -0.05) is 84.0 Å². The van der Waals surface area contributed by atoms with Gasteiger partial charge in [0.1, 0.15) is 6.04 Å². The quantitative estimate of drug-likeness (QED) is 0.352. The molecule has 4 rings (SSSR count). The number of nitrogens with zero attached hydrogens (tertiary/aromatic N) is 1. The number of fused-ring (bicyclic) bond motifs is 1. The summed E-state index contributed by atoms with van der Waals surface area (Å²) in [5.41, 5.74) is 3.36. The number of carbonyl (C=O) groups is 3. The van der Waals surface area contributed by atoms with Crippen LogP contribution in [0.25, 0.3) is 10.8 Å². The van der Waals surface area contributed by atoms with E-state index in [1.165, 1.54) is 10.8 Å². The number of aryl methyl sites for hydroxylation is 2. The Hall–Kier alpha value is -3.67. The summed E-state index contributed by atoms with van der Waals surface area (Å²) in [4.78, 5) is 38.8. The highest BCUT2D eigenvalue weighted by atomic mass is 16.2. The number of rotatable bonds is 4. The molecule has 0 radical (unpaired) electrons. The molecule has 0 unspecified atom stereocenters. The Bertz CT molecular complexity index is 1380. The Morgan fingerprint density at radius 2 is 1.44 bits per heavy atom. The van der Waals surface area contributed by atoms with Crippen molar-refractivity contribution in [2.24, 2.45) is 10.8 Å². The van der Waals surface area contributed by atoms with Crippen LogP contribution in [0.3, 0.4) is 0 Å². The zero-order valence-electron chi connectivity index (χ0n) is 26.2. The molecule has 6 heteroatoms. The summed E-state index contributed by atoms with van der Waals surface area (Å²) in [6.07, 6.45) is 1.62. The van der Waals surface area contributed by atoms with Crippen molar-refractivity contribution in [2.75, 3.05) is 11.9 Å². The number of hydrogen-bond acceptors (Lipinski definition) is 3. The largest absolute Gasteiger partial charge is 0.349 e. The van der Waals surface area contributed by atoms with Crippen molar-refractivity contribution >= 4 is 34.2 Å². The minimum Gasteiger partial charge on any atom is -0.349 e. The molecular formula is C35H47N3O3. The third-order valence-electron chi connectivity index (χ3n) is 7.25. The molecule has 0 bridgehead atoms. The summed E-state index contributed by atoms with van der Waals surface area (Å²) >= 11 is 0. The molecule has 1 saturated heterocycles. The van der Waals surface area contributed by atoms with Crippen LogP contribution >= 0.6 is 0 Å². The van der Waals surface area contributed by atoms with E-state index in [0.717, 1.165) is 35.2 Å². The molecule has 6 nitrogen and oxygen atoms in total. The summed E-state index contributed by atoms with van der Waals surface area (Å²) in [5, 5.41) is 8.46. The molecule has 2 atom stereocenters. The highest BCUT2D eigenvalue weighted by Crippen LogP contribution is 2.27. The van der Waals surface area contributed by atoms with Crippen LogP contribution < -0.4 is 10.6 Å². The molecule has 41 heavy (non-hydrogen) atoms. The molecular weight excluding hydrogens is 510 g/mol. The van der Waals surface area contributed by atoms with Crippen molar-refractivity contribution in [1.29, 1.82) is 0 Å². The van der Waals surface area contributed by atoms with Crippen LogP contribution in [0.4, 0.5) is 5.69 Å². The molecule has 0 aliphatic carbocycles. The second kappa shape index (κ2) is 12.9. The normalized spacial score (nSPS) is 16.0. The smallest absolute Gasteiger partial charge is 0.247 e. The van der Waals surface area contributed by atoms with E-state index in [0.29, 0.717) is 6.54 Å². The van der Waals surface area contributed by atoms with E-state index in [-0.39, 0.29) is 35.2 Å². The fraction of sp³-hybridized carbons (Fsp3) is 0.457. The molecule has 0 saturated carbocycles. The molecule has 3 amide bonds. The predicted molar refractivity (Wildman–Crippen MR) is 169 cm³/mol. The number of benzene rings is 3. The highest BCUT2D eigenvalue weighted by molar-refractivity contribution is 5.98. The topological polar surface area (TPSA) is 78.5 Å². The number of hydrogen-bond donors (Lipinski definition) is 2. The van der Waals surface area contributed by atoms with Gasteiger partial charge in [0.15, 0.2) is 0 Å². The van der Waals surface area contributed by atoms with Gasteiger partial charge in [0.05, 0.1) is 6.04 Å². The maximum atomic E-state index is 12.6. The fourth-order valence-electron chi connectivity index (χ4n) is 4.96. The van der Waals surface area contributed by atoms with Gasteiger partial charge in [0.25, 0.3) is 0 Å². The zero-order chi connectivity index (χ0) is 30.5. The monoisotopic (exact) mass is 557 g/mol. The number of nitrogens with one attached hydrogen (secondary N) is 2. The van der Waals surface area contributed by atoms with Gasteiger partial charge in [0, 0.05) is 23.1 Å². The van der Waals surface area contributed by atoms with Crippen LogP contribution in [0.2, 0.25) is 0 Å². The van der Waals surface area contributed by atoms with E-state index < -0.39 is 5.41 Å². The van der Waals surface area contributed by atoms with Gasteiger partial charge in [-0.15, -0.1) is 0 Å². The van der Waals surface area contributed by atoms with Crippen LogP contribution in [-0.2, 0) is 14.4 Å². The first-order valence-corrected chi connectivity index (χ1v) is 14.6. The van der Waals surface area contributed by atoms with Gasteiger partial charge in [-0.3, -0.25) is 14.4 Å². The molecule has 3 aromatic rings. The average molecular weight is 558 g/mol. The molecule has 220 valence electrons. The maximum absolute atomic E-state index is 12.6. The van der Waals surface area contributed by atoms with Crippen LogP contribution in [0.15, 0.2) is 60.7 Å². The van der Waals surface area contributed by atoms with Crippen molar-refractivity contribution in [2.45, 2.75) is 87.2 Å². The fourth-order valence-corrected chi connectivity index (χ4v) is 4.96. The maximum Gasteiger partial charge on any atom is 0.247 e. The van der Waals surface area contributed by atoms with Crippen LogP contribution in [0.1, 0.15) is 84.0 Å². The molecule has 2 N–H and O–H groups in total. The Balaban J connectivity index is 0.000000228. The summed E-state index contributed by atoms with van der Waals surface area (Å²) < 4.78 is 0. The van der Waals surface area contributed by atoms with Gasteiger partial charge >= 0.3 is 0 Å². The van der Waals surface area contributed by atoms with Gasteiger partial charge in [-0.25, -0.2) is 0 Å². The SMILES string of the molecule is C[C@@H](NC(=O)C(C)(C)C)c1ccc2ccccc2c1.Cc1cc(C)cc(NC(=O)[C@@H]2CCCN2C(=O)C(C)(C)C)c1. The zero-order valence-corrected chi connectivity index (χ0v) is 26.2. The van der Waals surface area contributed by atoms with E-state index in [1.54, 1.807) is 4.90 Å². The minimum absolute atomic E-state index is 0.0244. The van der Waals surface area contributed by atoms with E-state index in [9.17, 15) is 14.4 Å². The number of anilines is 1. The van der Waals surface area contributed by atoms with E-state index in [4.69, 9.17) is 0 Å². The summed E-state index contributed by atoms with van der Waals surface area (Å²) in [7, 11) is 0. The van der Waals surface area contributed by atoms with Crippen molar-refractivity contribution in [3.05, 3.63) is 77.4 Å². The number of amides is 3. The lowest BCUT2D eigenvalue weighted by Crippen LogP contribution is -2.47. The molecule has 1 heterocycles. The van der Waals surface area contributed by atoms with Crippen molar-refractivity contribution < 1.29 is 14.4 Å². The highest BCUT2D eigenvalue weighted by Gasteiger charge is 2.38. The molecule has 0 spiro atoms. The van der Waals surface area contributed by atoms with E-state index in [1.807, 2.05) is 86.6 Å². The third-order valence-corrected chi connectivity index (χ3v) is 7.25. The Morgan fingerprint density at radius 1 is 0.829 bits per heavy atom. The minimum atomic E-state index is -0.456. The Morgan fingerprint density at radius 3 is 2.02 bits per heavy atom. The van der Waals surface area contributed by atoms with E-state index >= 15 is 0 Å². The Kier molecular flexibility index (Phi) is 10.0.